The Balaban J connectivity index is 2.18. The molecule has 1 aliphatic rings. The molecule has 0 unspecified atom stereocenters. The summed E-state index contributed by atoms with van der Waals surface area (Å²) in [6.07, 6.45) is 4.64. The van der Waals surface area contributed by atoms with Gasteiger partial charge < -0.3 is 9.47 Å². The standard InChI is InChI=1S/C11H18O3/c1-4-5-6-7-14-9-8-11(9,2)10(12)13-3/h4,9H,1,5-8H2,2-3H3/t9-,11+/m0/s1. The number of unbranched alkanes of at least 4 members (excludes halogenated alkanes) is 1. The summed E-state index contributed by atoms with van der Waals surface area (Å²) in [5.41, 5.74) is -0.386. The maximum atomic E-state index is 11.3. The topological polar surface area (TPSA) is 35.5 Å². The predicted molar refractivity (Wildman–Crippen MR) is 53.9 cm³/mol. The molecule has 2 atom stereocenters. The van der Waals surface area contributed by atoms with Gasteiger partial charge in [-0.25, -0.2) is 0 Å². The zero-order valence-electron chi connectivity index (χ0n) is 8.91. The molecule has 1 saturated carbocycles. The molecule has 0 amide bonds. The van der Waals surface area contributed by atoms with Crippen LogP contribution in [0.25, 0.3) is 0 Å². The van der Waals surface area contributed by atoms with E-state index in [1.807, 2.05) is 13.0 Å². The quantitative estimate of drug-likeness (QED) is 0.371. The summed E-state index contributed by atoms with van der Waals surface area (Å²) < 4.78 is 10.2. The van der Waals surface area contributed by atoms with Crippen LogP contribution in [0.4, 0.5) is 0 Å². The fourth-order valence-corrected chi connectivity index (χ4v) is 1.47. The average molecular weight is 198 g/mol. The molecule has 0 N–H and O–H groups in total. The molecule has 0 heterocycles. The van der Waals surface area contributed by atoms with Crippen LogP contribution in [0.3, 0.4) is 0 Å². The molecular formula is C11H18O3. The lowest BCUT2D eigenvalue weighted by molar-refractivity contribution is -0.148. The molecule has 1 rings (SSSR count). The maximum absolute atomic E-state index is 11.3. The van der Waals surface area contributed by atoms with Gasteiger partial charge >= 0.3 is 5.97 Å². The van der Waals surface area contributed by atoms with Crippen LogP contribution in [0.15, 0.2) is 12.7 Å². The van der Waals surface area contributed by atoms with Crippen molar-refractivity contribution in [2.75, 3.05) is 13.7 Å². The average Bonchev–Trinajstić information content (AvgIpc) is 2.85. The second kappa shape index (κ2) is 4.60. The number of ether oxygens (including phenoxy) is 2. The first-order valence-electron chi connectivity index (χ1n) is 4.96. The van der Waals surface area contributed by atoms with E-state index < -0.39 is 0 Å². The summed E-state index contributed by atoms with van der Waals surface area (Å²) in [6, 6.07) is 0. The molecule has 0 radical (unpaired) electrons. The van der Waals surface area contributed by atoms with Crippen LogP contribution in [0.5, 0.6) is 0 Å². The Hall–Kier alpha value is -0.830. The molecule has 0 aromatic carbocycles. The zero-order chi connectivity index (χ0) is 10.6. The second-order valence-electron chi connectivity index (χ2n) is 3.90. The van der Waals surface area contributed by atoms with E-state index in [9.17, 15) is 4.79 Å². The van der Waals surface area contributed by atoms with E-state index in [1.54, 1.807) is 0 Å². The van der Waals surface area contributed by atoms with Crippen LogP contribution >= 0.6 is 0 Å². The number of hydrogen-bond acceptors (Lipinski definition) is 3. The zero-order valence-corrected chi connectivity index (χ0v) is 8.91. The molecule has 0 saturated heterocycles. The Morgan fingerprint density at radius 1 is 1.71 bits per heavy atom. The lowest BCUT2D eigenvalue weighted by Crippen LogP contribution is -2.19. The minimum Gasteiger partial charge on any atom is -0.469 e. The SMILES string of the molecule is C=CCCCO[C@H]1C[C@@]1(C)C(=O)OC. The minimum absolute atomic E-state index is 0.0553. The van der Waals surface area contributed by atoms with Crippen molar-refractivity contribution >= 4 is 5.97 Å². The molecular weight excluding hydrogens is 180 g/mol. The number of rotatable bonds is 6. The van der Waals surface area contributed by atoms with Gasteiger partial charge in [-0.05, 0) is 26.2 Å². The van der Waals surface area contributed by atoms with E-state index in [-0.39, 0.29) is 17.5 Å². The molecule has 0 aromatic rings. The van der Waals surface area contributed by atoms with Gasteiger partial charge in [0.15, 0.2) is 0 Å². The van der Waals surface area contributed by atoms with Gasteiger partial charge in [-0.2, -0.15) is 0 Å². The summed E-state index contributed by atoms with van der Waals surface area (Å²) in [6.45, 7) is 6.22. The number of allylic oxidation sites excluding steroid dienone is 1. The van der Waals surface area contributed by atoms with E-state index in [0.29, 0.717) is 6.61 Å². The van der Waals surface area contributed by atoms with Crippen molar-refractivity contribution in [2.45, 2.75) is 32.3 Å². The van der Waals surface area contributed by atoms with E-state index >= 15 is 0 Å². The Kier molecular flexibility index (Phi) is 3.69. The van der Waals surface area contributed by atoms with Gasteiger partial charge in [0, 0.05) is 6.61 Å². The van der Waals surface area contributed by atoms with E-state index in [1.165, 1.54) is 7.11 Å². The molecule has 1 aliphatic carbocycles. The molecule has 80 valence electrons. The van der Waals surface area contributed by atoms with Gasteiger partial charge in [0.05, 0.1) is 18.6 Å². The van der Waals surface area contributed by atoms with Gasteiger partial charge in [0.1, 0.15) is 0 Å². The lowest BCUT2D eigenvalue weighted by Gasteiger charge is -2.08. The Morgan fingerprint density at radius 2 is 2.43 bits per heavy atom. The fraction of sp³-hybridized carbons (Fsp3) is 0.727. The summed E-state index contributed by atoms with van der Waals surface area (Å²) in [4.78, 5) is 11.3. The van der Waals surface area contributed by atoms with Crippen LogP contribution in [0.2, 0.25) is 0 Å². The number of methoxy groups -OCH3 is 1. The number of hydrogen-bond donors (Lipinski definition) is 0. The van der Waals surface area contributed by atoms with Crippen molar-refractivity contribution in [3.63, 3.8) is 0 Å². The van der Waals surface area contributed by atoms with Crippen molar-refractivity contribution in [2.24, 2.45) is 5.41 Å². The lowest BCUT2D eigenvalue weighted by atomic mass is 10.1. The van der Waals surface area contributed by atoms with Crippen LogP contribution in [0.1, 0.15) is 26.2 Å². The smallest absolute Gasteiger partial charge is 0.314 e. The Bertz CT molecular complexity index is 225. The molecule has 1 fully saturated rings. The monoisotopic (exact) mass is 198 g/mol. The summed E-state index contributed by atoms with van der Waals surface area (Å²) in [5, 5.41) is 0. The van der Waals surface area contributed by atoms with E-state index in [0.717, 1.165) is 19.3 Å². The summed E-state index contributed by atoms with van der Waals surface area (Å²) >= 11 is 0. The normalized spacial score (nSPS) is 29.7. The first-order chi connectivity index (χ1) is 6.65. The van der Waals surface area contributed by atoms with Crippen molar-refractivity contribution in [1.29, 1.82) is 0 Å². The van der Waals surface area contributed by atoms with Crippen LogP contribution < -0.4 is 0 Å². The van der Waals surface area contributed by atoms with Gasteiger partial charge in [-0.15, -0.1) is 6.58 Å². The van der Waals surface area contributed by atoms with Crippen molar-refractivity contribution in [3.05, 3.63) is 12.7 Å². The first kappa shape index (κ1) is 11.2. The third kappa shape index (κ3) is 2.35. The highest BCUT2D eigenvalue weighted by Gasteiger charge is 2.58. The summed E-state index contributed by atoms with van der Waals surface area (Å²) in [7, 11) is 1.42. The number of carbonyl (C=O) groups excluding carboxylic acids is 1. The van der Waals surface area contributed by atoms with E-state index in [4.69, 9.17) is 9.47 Å². The van der Waals surface area contributed by atoms with Crippen LogP contribution in [-0.4, -0.2) is 25.8 Å². The third-order valence-corrected chi connectivity index (χ3v) is 2.68. The van der Waals surface area contributed by atoms with Gasteiger partial charge in [0.25, 0.3) is 0 Å². The highest BCUT2D eigenvalue weighted by atomic mass is 16.5. The van der Waals surface area contributed by atoms with Crippen molar-refractivity contribution < 1.29 is 14.3 Å². The number of esters is 1. The largest absolute Gasteiger partial charge is 0.469 e. The third-order valence-electron chi connectivity index (χ3n) is 2.68. The number of carbonyl (C=O) groups is 1. The molecule has 3 heteroatoms. The maximum Gasteiger partial charge on any atom is 0.314 e. The Labute approximate surface area is 85.1 Å². The Morgan fingerprint density at radius 3 is 3.00 bits per heavy atom. The summed E-state index contributed by atoms with van der Waals surface area (Å²) in [5.74, 6) is -0.161. The van der Waals surface area contributed by atoms with Crippen molar-refractivity contribution in [1.82, 2.24) is 0 Å². The van der Waals surface area contributed by atoms with Gasteiger partial charge in [0.2, 0.25) is 0 Å². The van der Waals surface area contributed by atoms with Gasteiger partial charge in [-0.1, -0.05) is 6.08 Å². The first-order valence-corrected chi connectivity index (χ1v) is 4.96. The highest BCUT2D eigenvalue weighted by Crippen LogP contribution is 2.48. The fourth-order valence-electron chi connectivity index (χ4n) is 1.47. The highest BCUT2D eigenvalue weighted by molar-refractivity contribution is 5.80. The molecule has 0 aromatic heterocycles. The van der Waals surface area contributed by atoms with Gasteiger partial charge in [-0.3, -0.25) is 4.79 Å². The van der Waals surface area contributed by atoms with E-state index in [2.05, 4.69) is 6.58 Å². The molecule has 3 nitrogen and oxygen atoms in total. The minimum atomic E-state index is -0.386. The molecule has 0 bridgehead atoms. The molecule has 14 heavy (non-hydrogen) atoms. The molecule has 0 aliphatic heterocycles. The van der Waals surface area contributed by atoms with Crippen LogP contribution in [0, 0.1) is 5.41 Å². The second-order valence-corrected chi connectivity index (χ2v) is 3.90. The predicted octanol–water partition coefficient (Wildman–Crippen LogP) is 1.92. The molecule has 0 spiro atoms. The van der Waals surface area contributed by atoms with Crippen molar-refractivity contribution in [3.8, 4) is 0 Å². The van der Waals surface area contributed by atoms with Crippen LogP contribution in [-0.2, 0) is 14.3 Å².